The van der Waals surface area contributed by atoms with Crippen LogP contribution in [0.2, 0.25) is 0 Å². The first-order valence-corrected chi connectivity index (χ1v) is 9.16. The first kappa shape index (κ1) is 16.6. The maximum Gasteiger partial charge on any atom is 0.315 e. The third-order valence-corrected chi connectivity index (χ3v) is 5.62. The number of sulfone groups is 1. The molecule has 0 radical (unpaired) electrons. The predicted octanol–water partition coefficient (Wildman–Crippen LogP) is 0.987. The van der Waals surface area contributed by atoms with Crippen LogP contribution < -0.4 is 15.5 Å². The number of nitrogens with zero attached hydrogens (tertiary/aromatic N) is 1. The molecule has 1 aliphatic rings. The van der Waals surface area contributed by atoms with Gasteiger partial charge >= 0.3 is 6.03 Å². The molecule has 1 aromatic carbocycles. The molecule has 1 saturated heterocycles. The normalized spacial score (nSPS) is 19.6. The number of hydrogen-bond donors (Lipinski definition) is 2. The Morgan fingerprint density at radius 2 is 1.91 bits per heavy atom. The average Bonchev–Trinajstić information content (AvgIpc) is 2.82. The van der Waals surface area contributed by atoms with Gasteiger partial charge in [0.1, 0.15) is 0 Å². The minimum Gasteiger partial charge on any atom is -0.378 e. The van der Waals surface area contributed by atoms with Gasteiger partial charge in [-0.2, -0.15) is 0 Å². The fraction of sp³-hybridized carbons (Fsp3) is 0.533. The zero-order valence-electron chi connectivity index (χ0n) is 13.0. The predicted molar refractivity (Wildman–Crippen MR) is 87.8 cm³/mol. The number of anilines is 1. The summed E-state index contributed by atoms with van der Waals surface area (Å²) in [7, 11) is 1.07. The van der Waals surface area contributed by atoms with Crippen molar-refractivity contribution < 1.29 is 13.2 Å². The maximum absolute atomic E-state index is 11.7. The van der Waals surface area contributed by atoms with Crippen LogP contribution in [-0.2, 0) is 16.4 Å². The highest BCUT2D eigenvalue weighted by atomic mass is 32.2. The number of carbonyl (C=O) groups excluding carboxylic acids is 1. The Kier molecular flexibility index (Phi) is 5.28. The Labute approximate surface area is 131 Å². The zero-order valence-corrected chi connectivity index (χ0v) is 13.8. The van der Waals surface area contributed by atoms with Crippen molar-refractivity contribution in [1.29, 1.82) is 0 Å². The van der Waals surface area contributed by atoms with Crippen LogP contribution in [0.4, 0.5) is 10.5 Å². The Morgan fingerprint density at radius 3 is 2.45 bits per heavy atom. The molecule has 2 rings (SSSR count). The second-order valence-corrected chi connectivity index (χ2v) is 8.12. The lowest BCUT2D eigenvalue weighted by Gasteiger charge is -2.13. The van der Waals surface area contributed by atoms with Crippen LogP contribution in [-0.4, -0.2) is 46.6 Å². The van der Waals surface area contributed by atoms with Crippen molar-refractivity contribution >= 4 is 21.6 Å². The summed E-state index contributed by atoms with van der Waals surface area (Å²) in [4.78, 5) is 13.7. The van der Waals surface area contributed by atoms with Gasteiger partial charge in [0.05, 0.1) is 11.5 Å². The number of carbonyl (C=O) groups is 1. The van der Waals surface area contributed by atoms with Crippen molar-refractivity contribution in [1.82, 2.24) is 10.6 Å². The standard InChI is InChI=1S/C15H23N3O3S/c1-18(2)14-5-3-12(4-6-14)9-16-15(19)17-10-13-7-8-22(20,21)11-13/h3-6,13H,7-11H2,1-2H3,(H2,16,17,19)/t13-/m0/s1. The Bertz CT molecular complexity index is 611. The molecular weight excluding hydrogens is 302 g/mol. The van der Waals surface area contributed by atoms with Gasteiger partial charge in [0, 0.05) is 32.9 Å². The van der Waals surface area contributed by atoms with Crippen LogP contribution in [0.3, 0.4) is 0 Å². The average molecular weight is 325 g/mol. The van der Waals surface area contributed by atoms with E-state index < -0.39 is 9.84 Å². The molecule has 0 saturated carbocycles. The van der Waals surface area contributed by atoms with Gasteiger partial charge in [0.15, 0.2) is 9.84 Å². The number of urea groups is 1. The van der Waals surface area contributed by atoms with Gasteiger partial charge in [-0.1, -0.05) is 12.1 Å². The van der Waals surface area contributed by atoms with Crippen LogP contribution >= 0.6 is 0 Å². The van der Waals surface area contributed by atoms with Crippen LogP contribution in [0.1, 0.15) is 12.0 Å². The summed E-state index contributed by atoms with van der Waals surface area (Å²) >= 11 is 0. The van der Waals surface area contributed by atoms with Gasteiger partial charge in [0.25, 0.3) is 0 Å². The molecule has 1 fully saturated rings. The summed E-state index contributed by atoms with van der Waals surface area (Å²) in [5.41, 5.74) is 2.12. The van der Waals surface area contributed by atoms with E-state index in [1.807, 2.05) is 43.3 Å². The summed E-state index contributed by atoms with van der Waals surface area (Å²) in [5, 5.41) is 5.52. The van der Waals surface area contributed by atoms with Gasteiger partial charge in [-0.25, -0.2) is 13.2 Å². The van der Waals surface area contributed by atoms with Gasteiger partial charge in [-0.05, 0) is 30.0 Å². The first-order chi connectivity index (χ1) is 10.4. The Balaban J connectivity index is 1.71. The number of rotatable bonds is 5. The van der Waals surface area contributed by atoms with E-state index in [0.717, 1.165) is 11.3 Å². The van der Waals surface area contributed by atoms with E-state index in [1.165, 1.54) is 0 Å². The van der Waals surface area contributed by atoms with Crippen LogP contribution in [0.5, 0.6) is 0 Å². The smallest absolute Gasteiger partial charge is 0.315 e. The number of benzene rings is 1. The molecule has 1 heterocycles. The van der Waals surface area contributed by atoms with Crippen LogP contribution in [0.25, 0.3) is 0 Å². The molecule has 122 valence electrons. The number of amides is 2. The van der Waals surface area contributed by atoms with E-state index in [4.69, 9.17) is 0 Å². The topological polar surface area (TPSA) is 78.5 Å². The van der Waals surface area contributed by atoms with Crippen molar-refractivity contribution in [2.24, 2.45) is 5.92 Å². The van der Waals surface area contributed by atoms with Crippen molar-refractivity contribution in [2.75, 3.05) is 37.0 Å². The van der Waals surface area contributed by atoms with E-state index in [0.29, 0.717) is 19.5 Å². The van der Waals surface area contributed by atoms with Crippen molar-refractivity contribution in [3.8, 4) is 0 Å². The molecule has 0 unspecified atom stereocenters. The lowest BCUT2D eigenvalue weighted by atomic mass is 10.1. The monoisotopic (exact) mass is 325 g/mol. The maximum atomic E-state index is 11.7. The van der Waals surface area contributed by atoms with Gasteiger partial charge in [-0.3, -0.25) is 0 Å². The lowest BCUT2D eigenvalue weighted by Crippen LogP contribution is -2.38. The third-order valence-electron chi connectivity index (χ3n) is 3.78. The molecule has 0 bridgehead atoms. The van der Waals surface area contributed by atoms with Crippen LogP contribution in [0, 0.1) is 5.92 Å². The molecule has 1 aliphatic heterocycles. The lowest BCUT2D eigenvalue weighted by molar-refractivity contribution is 0.239. The number of hydrogen-bond acceptors (Lipinski definition) is 4. The van der Waals surface area contributed by atoms with E-state index in [-0.39, 0.29) is 23.5 Å². The number of nitrogens with one attached hydrogen (secondary N) is 2. The SMILES string of the molecule is CN(C)c1ccc(CNC(=O)NC[C@@H]2CCS(=O)(=O)C2)cc1. The van der Waals surface area contributed by atoms with Gasteiger partial charge in [-0.15, -0.1) is 0 Å². The molecule has 22 heavy (non-hydrogen) atoms. The second-order valence-electron chi connectivity index (χ2n) is 5.89. The molecule has 7 heteroatoms. The van der Waals surface area contributed by atoms with Gasteiger partial charge in [0.2, 0.25) is 0 Å². The minimum atomic E-state index is -2.89. The fourth-order valence-corrected chi connectivity index (χ4v) is 4.29. The third kappa shape index (κ3) is 4.91. The van der Waals surface area contributed by atoms with Crippen molar-refractivity contribution in [3.63, 3.8) is 0 Å². The molecule has 0 spiro atoms. The molecule has 0 aliphatic carbocycles. The molecule has 2 N–H and O–H groups in total. The van der Waals surface area contributed by atoms with E-state index >= 15 is 0 Å². The molecule has 6 nitrogen and oxygen atoms in total. The van der Waals surface area contributed by atoms with E-state index in [1.54, 1.807) is 0 Å². The summed E-state index contributed by atoms with van der Waals surface area (Å²) in [6.45, 7) is 0.854. The van der Waals surface area contributed by atoms with Crippen LogP contribution in [0.15, 0.2) is 24.3 Å². The summed E-state index contributed by atoms with van der Waals surface area (Å²) in [5.74, 6) is 0.452. The largest absolute Gasteiger partial charge is 0.378 e. The zero-order chi connectivity index (χ0) is 16.2. The fourth-order valence-electron chi connectivity index (χ4n) is 2.43. The second kappa shape index (κ2) is 7.00. The Hall–Kier alpha value is -1.76. The summed E-state index contributed by atoms with van der Waals surface area (Å²) < 4.78 is 22.7. The van der Waals surface area contributed by atoms with Crippen molar-refractivity contribution in [3.05, 3.63) is 29.8 Å². The van der Waals surface area contributed by atoms with E-state index in [9.17, 15) is 13.2 Å². The van der Waals surface area contributed by atoms with Crippen molar-refractivity contribution in [2.45, 2.75) is 13.0 Å². The quantitative estimate of drug-likeness (QED) is 0.846. The van der Waals surface area contributed by atoms with Gasteiger partial charge < -0.3 is 15.5 Å². The summed E-state index contributed by atoms with van der Waals surface area (Å²) in [6.07, 6.45) is 0.634. The highest BCUT2D eigenvalue weighted by molar-refractivity contribution is 7.91. The molecule has 2 amide bonds. The minimum absolute atomic E-state index is 0.0372. The molecule has 1 aromatic rings. The molecular formula is C15H23N3O3S. The molecule has 0 aromatic heterocycles. The highest BCUT2D eigenvalue weighted by Gasteiger charge is 2.27. The Morgan fingerprint density at radius 1 is 1.23 bits per heavy atom. The first-order valence-electron chi connectivity index (χ1n) is 7.34. The highest BCUT2D eigenvalue weighted by Crippen LogP contribution is 2.17. The van der Waals surface area contributed by atoms with E-state index in [2.05, 4.69) is 10.6 Å². The molecule has 1 atom stereocenters. The summed E-state index contributed by atoms with van der Waals surface area (Å²) in [6, 6.07) is 7.68.